The van der Waals surface area contributed by atoms with Crippen molar-refractivity contribution in [1.82, 2.24) is 19.9 Å². The Morgan fingerprint density at radius 1 is 1.37 bits per heavy atom. The summed E-state index contributed by atoms with van der Waals surface area (Å²) >= 11 is 0. The lowest BCUT2D eigenvalue weighted by Gasteiger charge is -2.11. The Morgan fingerprint density at radius 3 is 2.89 bits per heavy atom. The van der Waals surface area contributed by atoms with E-state index in [0.717, 1.165) is 0 Å². The lowest BCUT2D eigenvalue weighted by molar-refractivity contribution is 0.0688. The lowest BCUT2D eigenvalue weighted by atomic mass is 10.2. The summed E-state index contributed by atoms with van der Waals surface area (Å²) in [6.07, 6.45) is 4.89. The molecule has 0 saturated heterocycles. The second-order valence-corrected chi connectivity index (χ2v) is 4.89. The van der Waals surface area contributed by atoms with E-state index >= 15 is 0 Å². The molecule has 2 aromatic heterocycles. The molecule has 1 aliphatic carbocycles. The Hall–Kier alpha value is -1.95. The van der Waals surface area contributed by atoms with E-state index in [1.807, 2.05) is 0 Å². The van der Waals surface area contributed by atoms with Crippen LogP contribution in [-0.4, -0.2) is 31.7 Å². The number of carboxylic acid groups (broad SMARTS) is 1. The number of hydrogen-bond acceptors (Lipinski definition) is 4. The molecule has 0 atom stereocenters. The molecule has 1 fully saturated rings. The van der Waals surface area contributed by atoms with E-state index in [-0.39, 0.29) is 5.69 Å². The van der Waals surface area contributed by atoms with E-state index < -0.39 is 5.97 Å². The summed E-state index contributed by atoms with van der Waals surface area (Å²) in [6, 6.07) is 5.53. The number of hydrogen-bond donors (Lipinski definition) is 2. The number of fused-ring (bicyclic) bond motifs is 1. The van der Waals surface area contributed by atoms with Crippen LogP contribution < -0.4 is 5.32 Å². The predicted octanol–water partition coefficient (Wildman–Crippen LogP) is 1.46. The zero-order valence-electron chi connectivity index (χ0n) is 10.5. The number of aromatic carboxylic acids is 1. The highest BCUT2D eigenvalue weighted by Gasteiger charge is 2.17. The minimum atomic E-state index is -0.965. The summed E-state index contributed by atoms with van der Waals surface area (Å²) in [5.74, 6) is -0.313. The van der Waals surface area contributed by atoms with Crippen molar-refractivity contribution in [3.05, 3.63) is 29.7 Å². The van der Waals surface area contributed by atoms with Crippen LogP contribution in [0.3, 0.4) is 0 Å². The fraction of sp³-hybridized carbons (Fsp3) is 0.462. The quantitative estimate of drug-likeness (QED) is 0.870. The number of aromatic nitrogens is 3. The van der Waals surface area contributed by atoms with Crippen LogP contribution in [0.4, 0.5) is 0 Å². The van der Waals surface area contributed by atoms with Crippen LogP contribution in [0.5, 0.6) is 0 Å². The summed E-state index contributed by atoms with van der Waals surface area (Å²) in [4.78, 5) is 11.2. The summed E-state index contributed by atoms with van der Waals surface area (Å²) < 4.78 is 1.60. The summed E-state index contributed by atoms with van der Waals surface area (Å²) in [6.45, 7) is 0.552. The Morgan fingerprint density at radius 2 is 2.16 bits per heavy atom. The maximum Gasteiger partial charge on any atom is 0.352 e. The summed E-state index contributed by atoms with van der Waals surface area (Å²) in [5.41, 5.74) is 0.772. The van der Waals surface area contributed by atoms with Gasteiger partial charge in [0.25, 0.3) is 0 Å². The van der Waals surface area contributed by atoms with Crippen LogP contribution in [-0.2, 0) is 6.54 Å². The minimum Gasteiger partial charge on any atom is -0.477 e. The van der Waals surface area contributed by atoms with Crippen molar-refractivity contribution in [2.45, 2.75) is 38.3 Å². The Bertz CT molecular complexity index is 602. The zero-order valence-corrected chi connectivity index (χ0v) is 10.5. The van der Waals surface area contributed by atoms with Crippen LogP contribution in [0.1, 0.15) is 42.0 Å². The van der Waals surface area contributed by atoms with Gasteiger partial charge >= 0.3 is 5.97 Å². The van der Waals surface area contributed by atoms with Crippen LogP contribution >= 0.6 is 0 Å². The van der Waals surface area contributed by atoms with E-state index in [4.69, 9.17) is 0 Å². The summed E-state index contributed by atoms with van der Waals surface area (Å²) in [7, 11) is 0. The molecule has 0 unspecified atom stereocenters. The molecular weight excluding hydrogens is 244 g/mol. The van der Waals surface area contributed by atoms with Crippen LogP contribution in [0, 0.1) is 0 Å². The minimum absolute atomic E-state index is 0.200. The highest BCUT2D eigenvalue weighted by molar-refractivity contribution is 5.86. The first-order valence-electron chi connectivity index (χ1n) is 6.55. The van der Waals surface area contributed by atoms with Gasteiger partial charge in [-0.25, -0.2) is 4.79 Å². The topological polar surface area (TPSA) is 79.5 Å². The monoisotopic (exact) mass is 260 g/mol. The van der Waals surface area contributed by atoms with E-state index in [1.165, 1.54) is 25.7 Å². The van der Waals surface area contributed by atoms with Crippen LogP contribution in [0.2, 0.25) is 0 Å². The van der Waals surface area contributed by atoms with E-state index in [0.29, 0.717) is 24.1 Å². The molecule has 3 rings (SSSR count). The van der Waals surface area contributed by atoms with Crippen molar-refractivity contribution in [1.29, 1.82) is 0 Å². The normalized spacial score (nSPS) is 16.2. The van der Waals surface area contributed by atoms with Gasteiger partial charge in [-0.2, -0.15) is 0 Å². The number of carboxylic acids is 1. The average Bonchev–Trinajstić information content (AvgIpc) is 3.05. The smallest absolute Gasteiger partial charge is 0.352 e. The molecule has 2 aromatic rings. The first kappa shape index (κ1) is 12.1. The van der Waals surface area contributed by atoms with Gasteiger partial charge < -0.3 is 10.4 Å². The van der Waals surface area contributed by atoms with Gasteiger partial charge in [0.2, 0.25) is 0 Å². The highest BCUT2D eigenvalue weighted by Crippen LogP contribution is 2.18. The molecule has 100 valence electrons. The molecular formula is C13H16N4O2. The van der Waals surface area contributed by atoms with Gasteiger partial charge in [0.1, 0.15) is 5.69 Å². The van der Waals surface area contributed by atoms with Crippen molar-refractivity contribution in [2.75, 3.05) is 0 Å². The molecule has 0 radical (unpaired) electrons. The second kappa shape index (κ2) is 4.97. The Kier molecular flexibility index (Phi) is 3.16. The first-order chi connectivity index (χ1) is 9.25. The van der Waals surface area contributed by atoms with Gasteiger partial charge in [-0.1, -0.05) is 18.9 Å². The standard InChI is InChI=1S/C13H16N4O2/c18-13(19)10-6-3-7-11-15-16-12(17(10)11)8-14-9-4-1-2-5-9/h3,6-7,9,14H,1-2,4-5,8H2,(H,18,19). The van der Waals surface area contributed by atoms with Crippen molar-refractivity contribution < 1.29 is 9.90 Å². The molecule has 6 nitrogen and oxygen atoms in total. The molecule has 2 N–H and O–H groups in total. The van der Waals surface area contributed by atoms with Gasteiger partial charge in [-0.15, -0.1) is 10.2 Å². The van der Waals surface area contributed by atoms with Crippen LogP contribution in [0.15, 0.2) is 18.2 Å². The number of rotatable bonds is 4. The van der Waals surface area contributed by atoms with Gasteiger partial charge in [0.15, 0.2) is 11.5 Å². The van der Waals surface area contributed by atoms with E-state index in [9.17, 15) is 9.90 Å². The van der Waals surface area contributed by atoms with Crippen molar-refractivity contribution in [2.24, 2.45) is 0 Å². The fourth-order valence-electron chi connectivity index (χ4n) is 2.65. The SMILES string of the molecule is O=C(O)c1cccc2nnc(CNC3CCCC3)n12. The van der Waals surface area contributed by atoms with Gasteiger partial charge in [0, 0.05) is 6.04 Å². The number of nitrogens with zero attached hydrogens (tertiary/aromatic N) is 3. The third kappa shape index (κ3) is 2.31. The van der Waals surface area contributed by atoms with Crippen LogP contribution in [0.25, 0.3) is 5.65 Å². The number of carbonyl (C=O) groups is 1. The molecule has 2 heterocycles. The van der Waals surface area contributed by atoms with E-state index in [1.54, 1.807) is 22.6 Å². The van der Waals surface area contributed by atoms with Crippen molar-refractivity contribution >= 4 is 11.6 Å². The largest absolute Gasteiger partial charge is 0.477 e. The number of pyridine rings is 1. The molecule has 6 heteroatoms. The number of nitrogens with one attached hydrogen (secondary N) is 1. The second-order valence-electron chi connectivity index (χ2n) is 4.89. The third-order valence-corrected chi connectivity index (χ3v) is 3.62. The lowest BCUT2D eigenvalue weighted by Crippen LogP contribution is -2.26. The Balaban J connectivity index is 1.88. The third-order valence-electron chi connectivity index (χ3n) is 3.62. The maximum atomic E-state index is 11.2. The molecule has 0 aromatic carbocycles. The Labute approximate surface area is 110 Å². The molecule has 1 aliphatic rings. The van der Waals surface area contributed by atoms with Gasteiger partial charge in [-0.05, 0) is 25.0 Å². The van der Waals surface area contributed by atoms with E-state index in [2.05, 4.69) is 15.5 Å². The average molecular weight is 260 g/mol. The highest BCUT2D eigenvalue weighted by atomic mass is 16.4. The fourth-order valence-corrected chi connectivity index (χ4v) is 2.65. The molecule has 19 heavy (non-hydrogen) atoms. The predicted molar refractivity (Wildman–Crippen MR) is 69.0 cm³/mol. The summed E-state index contributed by atoms with van der Waals surface area (Å²) in [5, 5.41) is 20.7. The van der Waals surface area contributed by atoms with Crippen molar-refractivity contribution in [3.8, 4) is 0 Å². The molecule has 0 bridgehead atoms. The van der Waals surface area contributed by atoms with Gasteiger partial charge in [-0.3, -0.25) is 4.40 Å². The zero-order chi connectivity index (χ0) is 13.2. The maximum absolute atomic E-state index is 11.2. The first-order valence-corrected chi connectivity index (χ1v) is 6.55. The molecule has 0 aliphatic heterocycles. The van der Waals surface area contributed by atoms with Crippen molar-refractivity contribution in [3.63, 3.8) is 0 Å². The molecule has 1 saturated carbocycles. The molecule has 0 spiro atoms. The molecule has 0 amide bonds. The van der Waals surface area contributed by atoms with Gasteiger partial charge in [0.05, 0.1) is 6.54 Å².